The van der Waals surface area contributed by atoms with Crippen molar-refractivity contribution in [3.05, 3.63) is 69.9 Å². The Balaban J connectivity index is 1.22. The second kappa shape index (κ2) is 6.91. The summed E-state index contributed by atoms with van der Waals surface area (Å²) in [7, 11) is 0. The molecule has 4 N–H and O–H groups in total. The Morgan fingerprint density at radius 2 is 1.11 bits per heavy atom. The Hall–Kier alpha value is -4.86. The molecule has 6 aliphatic carbocycles. The largest absolute Gasteiger partial charge is 0.326 e. The molecule has 0 saturated heterocycles. The Morgan fingerprint density at radius 1 is 0.632 bits per heavy atom. The van der Waals surface area contributed by atoms with Crippen molar-refractivity contribution in [1.29, 1.82) is 0 Å². The van der Waals surface area contributed by atoms with Crippen molar-refractivity contribution < 1.29 is 9.59 Å². The van der Waals surface area contributed by atoms with Crippen LogP contribution in [-0.2, 0) is 9.59 Å². The molecule has 2 aromatic heterocycles. The Labute approximate surface area is 215 Å². The fraction of sp³-hybridized carbons (Fsp3) is 0.214. The van der Waals surface area contributed by atoms with Crippen LogP contribution in [0.3, 0.4) is 0 Å². The number of rotatable bonds is 0. The average Bonchev–Trinajstić information content (AvgIpc) is 3.69. The van der Waals surface area contributed by atoms with Crippen LogP contribution in [0.25, 0.3) is 0 Å². The van der Waals surface area contributed by atoms with Gasteiger partial charge in [-0.05, 0) is 48.9 Å². The van der Waals surface area contributed by atoms with Crippen LogP contribution in [0.5, 0.6) is 0 Å². The Morgan fingerprint density at radius 3 is 1.55 bits per heavy atom. The number of fused-ring (bicyclic) bond motifs is 10. The van der Waals surface area contributed by atoms with Crippen LogP contribution in [0.2, 0.25) is 0 Å². The molecule has 3 aliphatic heterocycles. The van der Waals surface area contributed by atoms with Gasteiger partial charge in [0.15, 0.2) is 23.2 Å². The zero-order valence-electron chi connectivity index (χ0n) is 20.1. The predicted octanol–water partition coefficient (Wildman–Crippen LogP) is 4.20. The first kappa shape index (κ1) is 20.2. The number of aromatic nitrogens is 2. The third-order valence-corrected chi connectivity index (χ3v) is 8.26. The summed E-state index contributed by atoms with van der Waals surface area (Å²) in [4.78, 5) is 51.6. The maximum absolute atomic E-state index is 12.8. The summed E-state index contributed by atoms with van der Waals surface area (Å²) >= 11 is 0. The van der Waals surface area contributed by atoms with E-state index in [1.165, 1.54) is 0 Å². The molecule has 2 aromatic rings. The predicted molar refractivity (Wildman–Crippen MR) is 144 cm³/mol. The summed E-state index contributed by atoms with van der Waals surface area (Å²) in [6.07, 6.45) is 6.66. The van der Waals surface area contributed by atoms with E-state index in [0.29, 0.717) is 59.5 Å². The fourth-order valence-electron chi connectivity index (χ4n) is 6.62. The van der Waals surface area contributed by atoms with Gasteiger partial charge in [-0.15, -0.1) is 0 Å². The number of ketones is 2. The van der Waals surface area contributed by atoms with Crippen molar-refractivity contribution in [3.63, 3.8) is 0 Å². The molecule has 12 bridgehead atoms. The Bertz CT molecular complexity index is 1680. The highest BCUT2D eigenvalue weighted by molar-refractivity contribution is 6.33. The number of anilines is 2. The van der Waals surface area contributed by atoms with Gasteiger partial charge in [0.2, 0.25) is 0 Å². The van der Waals surface area contributed by atoms with Crippen molar-refractivity contribution >= 4 is 58.2 Å². The van der Waals surface area contributed by atoms with Crippen molar-refractivity contribution in [1.82, 2.24) is 9.97 Å². The molecule has 0 saturated carbocycles. The highest BCUT2D eigenvalue weighted by atomic mass is 16.1. The number of hydrogen-bond donors (Lipinski definition) is 4. The van der Waals surface area contributed by atoms with Crippen LogP contribution in [-0.4, -0.2) is 44.9 Å². The summed E-state index contributed by atoms with van der Waals surface area (Å²) < 4.78 is 0. The van der Waals surface area contributed by atoms with Crippen LogP contribution in [0.1, 0.15) is 25.7 Å². The number of allylic oxidation sites excluding steroid dienone is 2. The summed E-state index contributed by atoms with van der Waals surface area (Å²) in [6, 6.07) is 7.56. The number of carbonyl (C=O) groups excluding carboxylic acids is 2. The first-order valence-corrected chi connectivity index (χ1v) is 12.8. The molecule has 5 heterocycles. The second-order valence-electron chi connectivity index (χ2n) is 10.5. The van der Waals surface area contributed by atoms with Gasteiger partial charge in [0.1, 0.15) is 34.9 Å². The number of nitrogens with one attached hydrogen (secondary N) is 4. The van der Waals surface area contributed by atoms with Crippen molar-refractivity contribution in [2.75, 3.05) is 10.6 Å². The number of Topliss-reactive ketones (excluding diaryl/α,β-unsaturated/α-hetero) is 2. The minimum absolute atomic E-state index is 0.0695. The molecule has 184 valence electrons. The molecule has 2 atom stereocenters. The topological polar surface area (TPSA) is 139 Å². The van der Waals surface area contributed by atoms with Gasteiger partial charge in [-0.25, -0.2) is 20.0 Å². The van der Waals surface area contributed by atoms with E-state index in [0.717, 1.165) is 46.3 Å². The number of hydrogen-bond acceptors (Lipinski definition) is 8. The molecule has 1 unspecified atom stereocenters. The van der Waals surface area contributed by atoms with Gasteiger partial charge in [0, 0.05) is 46.3 Å². The third kappa shape index (κ3) is 2.66. The van der Waals surface area contributed by atoms with Gasteiger partial charge in [0.25, 0.3) is 0 Å². The van der Waals surface area contributed by atoms with E-state index in [-0.39, 0.29) is 23.4 Å². The lowest BCUT2D eigenvalue weighted by molar-refractivity contribution is -0.117. The summed E-state index contributed by atoms with van der Waals surface area (Å²) in [6.45, 7) is 0. The van der Waals surface area contributed by atoms with E-state index in [2.05, 4.69) is 20.6 Å². The van der Waals surface area contributed by atoms with Crippen molar-refractivity contribution in [2.45, 2.75) is 25.7 Å². The minimum Gasteiger partial charge on any atom is -0.326 e. The third-order valence-electron chi connectivity index (χ3n) is 8.26. The van der Waals surface area contributed by atoms with Crippen molar-refractivity contribution in [3.8, 4) is 0 Å². The monoisotopic (exact) mass is 500 g/mol. The van der Waals surface area contributed by atoms with E-state index in [4.69, 9.17) is 20.0 Å². The van der Waals surface area contributed by atoms with Crippen LogP contribution >= 0.6 is 0 Å². The lowest BCUT2D eigenvalue weighted by Gasteiger charge is -2.30. The molecule has 10 heteroatoms. The van der Waals surface area contributed by atoms with Gasteiger partial charge in [-0.1, -0.05) is 12.2 Å². The maximum atomic E-state index is 12.8. The second-order valence-corrected chi connectivity index (χ2v) is 10.5. The Kier molecular flexibility index (Phi) is 3.68. The van der Waals surface area contributed by atoms with Crippen LogP contribution in [0.4, 0.5) is 23.3 Å². The number of amidine groups is 4. The number of carbonyl (C=O) groups is 2. The lowest BCUT2D eigenvalue weighted by Crippen LogP contribution is -2.30. The molecule has 0 spiro atoms. The molecule has 0 aromatic carbocycles. The van der Waals surface area contributed by atoms with Gasteiger partial charge in [0.05, 0.1) is 0 Å². The number of aliphatic imine (C=N–C) groups is 4. The summed E-state index contributed by atoms with van der Waals surface area (Å²) in [5.41, 5.74) is 5.19. The molecule has 11 rings (SSSR count). The molecular formula is C28H20N8O2. The molecular weight excluding hydrogens is 480 g/mol. The van der Waals surface area contributed by atoms with Gasteiger partial charge < -0.3 is 20.6 Å². The molecule has 0 fully saturated rings. The smallest absolute Gasteiger partial charge is 0.163 e. The quantitative estimate of drug-likeness (QED) is 0.431. The lowest BCUT2D eigenvalue weighted by atomic mass is 9.72. The summed E-state index contributed by atoms with van der Waals surface area (Å²) in [5, 5.41) is 6.76. The van der Waals surface area contributed by atoms with Gasteiger partial charge in [-0.3, -0.25) is 9.59 Å². The van der Waals surface area contributed by atoms with E-state index in [1.807, 2.05) is 36.4 Å². The van der Waals surface area contributed by atoms with Crippen LogP contribution in [0, 0.1) is 11.8 Å². The molecule has 0 amide bonds. The maximum Gasteiger partial charge on any atom is 0.163 e. The number of aromatic amines is 2. The van der Waals surface area contributed by atoms with E-state index in [1.54, 1.807) is 0 Å². The zero-order valence-corrected chi connectivity index (χ0v) is 20.1. The summed E-state index contributed by atoms with van der Waals surface area (Å²) in [5.74, 6) is 5.58. The molecule has 0 radical (unpaired) electrons. The SMILES string of the molecule is O=C1CC2CC=C1C1=C2C2=Nc3ccc([nH]3)NC3=NC(=Nc4ccc([nH]4)NC1=N2)C1=C3C2=CC[C@@H]1CC2=O. The van der Waals surface area contributed by atoms with Crippen LogP contribution in [0.15, 0.2) is 89.8 Å². The first-order valence-electron chi connectivity index (χ1n) is 12.8. The number of nitrogens with zero attached hydrogens (tertiary/aromatic N) is 4. The molecule has 38 heavy (non-hydrogen) atoms. The van der Waals surface area contributed by atoms with E-state index >= 15 is 0 Å². The van der Waals surface area contributed by atoms with E-state index in [9.17, 15) is 9.59 Å². The average molecular weight is 501 g/mol. The zero-order chi connectivity index (χ0) is 25.1. The fourth-order valence-corrected chi connectivity index (χ4v) is 6.62. The van der Waals surface area contributed by atoms with E-state index < -0.39 is 0 Å². The highest BCUT2D eigenvalue weighted by Gasteiger charge is 2.44. The molecule has 10 nitrogen and oxygen atoms in total. The normalized spacial score (nSPS) is 26.2. The minimum atomic E-state index is 0.0695. The number of H-pyrrole nitrogens is 2. The first-order chi connectivity index (χ1) is 18.6. The molecule has 9 aliphatic rings. The van der Waals surface area contributed by atoms with Gasteiger partial charge in [-0.2, -0.15) is 0 Å². The standard InChI is InChI=1S/C28H20N8O2/c37-15-9-11-1-3-13(15)23-21(11)25-31-17-5-7-20(29-17)34-28-24-14-4-2-12(10-16(14)38)22(24)26(36-28)32-18-6-8-19(30-18)33-27(23)35-25/h3-8,11-12H,1-2,9-10H2,(H4,29,30,31,32,33,34,35,36)/t11-,12?/m1/s1. The van der Waals surface area contributed by atoms with Crippen molar-refractivity contribution in [2.24, 2.45) is 31.8 Å². The van der Waals surface area contributed by atoms with Gasteiger partial charge >= 0.3 is 0 Å². The highest BCUT2D eigenvalue weighted by Crippen LogP contribution is 2.46. The van der Waals surface area contributed by atoms with Crippen LogP contribution < -0.4 is 10.6 Å².